The Labute approximate surface area is 114 Å². The summed E-state index contributed by atoms with van der Waals surface area (Å²) in [5, 5.41) is 7.76. The number of para-hydroxylation sites is 1. The Morgan fingerprint density at radius 3 is 2.89 bits per heavy atom. The first-order valence-electron chi connectivity index (χ1n) is 6.66. The van der Waals surface area contributed by atoms with Crippen molar-refractivity contribution in [1.29, 1.82) is 0 Å². The lowest BCUT2D eigenvalue weighted by atomic mass is 10.1. The fourth-order valence-corrected chi connectivity index (χ4v) is 2.10. The van der Waals surface area contributed by atoms with Gasteiger partial charge in [0.1, 0.15) is 0 Å². The van der Waals surface area contributed by atoms with Gasteiger partial charge in [-0.25, -0.2) is 0 Å². The maximum Gasteiger partial charge on any atom is 0.0575 e. The maximum atomic E-state index is 5.15. The van der Waals surface area contributed by atoms with Crippen molar-refractivity contribution < 1.29 is 4.74 Å². The smallest absolute Gasteiger partial charge is 0.0575 e. The zero-order valence-electron chi connectivity index (χ0n) is 11.6. The summed E-state index contributed by atoms with van der Waals surface area (Å²) in [5.41, 5.74) is 3.65. The molecule has 102 valence electrons. The minimum absolute atomic E-state index is 0.742. The van der Waals surface area contributed by atoms with Gasteiger partial charge in [-0.3, -0.25) is 4.68 Å². The molecule has 1 aromatic carbocycles. The van der Waals surface area contributed by atoms with E-state index in [9.17, 15) is 0 Å². The fourth-order valence-electron chi connectivity index (χ4n) is 2.10. The van der Waals surface area contributed by atoms with Gasteiger partial charge in [-0.1, -0.05) is 18.2 Å². The number of ether oxygens (including phenoxy) is 1. The third kappa shape index (κ3) is 3.58. The van der Waals surface area contributed by atoms with E-state index >= 15 is 0 Å². The average molecular weight is 259 g/mol. The molecule has 0 aliphatic heterocycles. The van der Waals surface area contributed by atoms with E-state index in [1.165, 1.54) is 16.9 Å². The van der Waals surface area contributed by atoms with Gasteiger partial charge in [0.05, 0.1) is 18.8 Å². The Hall–Kier alpha value is -1.81. The Bertz CT molecular complexity index is 508. The molecule has 1 heterocycles. The molecule has 4 nitrogen and oxygen atoms in total. The van der Waals surface area contributed by atoms with Crippen LogP contribution in [0.3, 0.4) is 0 Å². The summed E-state index contributed by atoms with van der Waals surface area (Å²) in [4.78, 5) is 0. The number of rotatable bonds is 7. The first-order chi connectivity index (χ1) is 9.35. The van der Waals surface area contributed by atoms with Crippen molar-refractivity contribution in [3.63, 3.8) is 0 Å². The van der Waals surface area contributed by atoms with Crippen molar-refractivity contribution >= 4 is 5.69 Å². The number of hydrogen-bond donors (Lipinski definition) is 1. The summed E-state index contributed by atoms with van der Waals surface area (Å²) in [6.07, 6.45) is 2.77. The predicted molar refractivity (Wildman–Crippen MR) is 77.2 cm³/mol. The SMILES string of the molecule is CCn1nccc1CNc1ccccc1CCOC. The maximum absolute atomic E-state index is 5.15. The van der Waals surface area contributed by atoms with Gasteiger partial charge in [0, 0.05) is 25.5 Å². The van der Waals surface area contributed by atoms with Crippen molar-refractivity contribution in [2.45, 2.75) is 26.4 Å². The van der Waals surface area contributed by atoms with Gasteiger partial charge in [-0.05, 0) is 31.0 Å². The Morgan fingerprint density at radius 1 is 1.26 bits per heavy atom. The van der Waals surface area contributed by atoms with E-state index in [4.69, 9.17) is 4.74 Å². The van der Waals surface area contributed by atoms with Crippen LogP contribution in [-0.2, 0) is 24.2 Å². The molecular formula is C15H21N3O. The first-order valence-corrected chi connectivity index (χ1v) is 6.66. The van der Waals surface area contributed by atoms with Crippen LogP contribution in [0.2, 0.25) is 0 Å². The van der Waals surface area contributed by atoms with Crippen molar-refractivity contribution in [2.75, 3.05) is 19.0 Å². The molecule has 0 amide bonds. The molecule has 0 spiro atoms. The largest absolute Gasteiger partial charge is 0.384 e. The molecule has 0 aliphatic carbocycles. The van der Waals surface area contributed by atoms with Crippen LogP contribution in [0.25, 0.3) is 0 Å². The second kappa shape index (κ2) is 6.95. The lowest BCUT2D eigenvalue weighted by molar-refractivity contribution is 0.202. The molecule has 1 aromatic heterocycles. The van der Waals surface area contributed by atoms with Crippen LogP contribution >= 0.6 is 0 Å². The van der Waals surface area contributed by atoms with E-state index < -0.39 is 0 Å². The summed E-state index contributed by atoms with van der Waals surface area (Å²) in [6, 6.07) is 10.4. The monoisotopic (exact) mass is 259 g/mol. The molecule has 1 N–H and O–H groups in total. The minimum Gasteiger partial charge on any atom is -0.384 e. The third-order valence-electron chi connectivity index (χ3n) is 3.16. The molecule has 0 saturated heterocycles. The quantitative estimate of drug-likeness (QED) is 0.831. The summed E-state index contributed by atoms with van der Waals surface area (Å²) in [5.74, 6) is 0. The van der Waals surface area contributed by atoms with Crippen molar-refractivity contribution in [3.8, 4) is 0 Å². The van der Waals surface area contributed by atoms with Crippen molar-refractivity contribution in [2.24, 2.45) is 0 Å². The van der Waals surface area contributed by atoms with Crippen LogP contribution in [0.15, 0.2) is 36.5 Å². The Kier molecular flexibility index (Phi) is 4.98. The van der Waals surface area contributed by atoms with Crippen LogP contribution in [0.1, 0.15) is 18.2 Å². The summed E-state index contributed by atoms with van der Waals surface area (Å²) < 4.78 is 7.15. The number of methoxy groups -OCH3 is 1. The highest BCUT2D eigenvalue weighted by atomic mass is 16.5. The van der Waals surface area contributed by atoms with E-state index in [2.05, 4.69) is 41.6 Å². The minimum atomic E-state index is 0.742. The standard InChI is InChI=1S/C15H21N3O/c1-3-18-14(8-10-17-18)12-16-15-7-5-4-6-13(15)9-11-19-2/h4-8,10,16H,3,9,11-12H2,1-2H3. The molecular weight excluding hydrogens is 238 g/mol. The zero-order chi connectivity index (χ0) is 13.5. The summed E-state index contributed by atoms with van der Waals surface area (Å²) in [6.45, 7) is 4.53. The number of anilines is 1. The van der Waals surface area contributed by atoms with Gasteiger partial charge >= 0.3 is 0 Å². The Balaban J connectivity index is 2.02. The number of hydrogen-bond acceptors (Lipinski definition) is 3. The molecule has 2 rings (SSSR count). The van der Waals surface area contributed by atoms with Gasteiger partial charge in [0.25, 0.3) is 0 Å². The van der Waals surface area contributed by atoms with Gasteiger partial charge in [0.15, 0.2) is 0 Å². The molecule has 0 fully saturated rings. The van der Waals surface area contributed by atoms with Crippen LogP contribution in [0.5, 0.6) is 0 Å². The van der Waals surface area contributed by atoms with Crippen molar-refractivity contribution in [3.05, 3.63) is 47.8 Å². The highest BCUT2D eigenvalue weighted by Crippen LogP contribution is 2.16. The predicted octanol–water partition coefficient (Wildman–Crippen LogP) is 2.70. The lowest BCUT2D eigenvalue weighted by Crippen LogP contribution is -2.09. The lowest BCUT2D eigenvalue weighted by Gasteiger charge is -2.12. The topological polar surface area (TPSA) is 39.1 Å². The van der Waals surface area contributed by atoms with Crippen LogP contribution in [0, 0.1) is 0 Å². The van der Waals surface area contributed by atoms with Crippen molar-refractivity contribution in [1.82, 2.24) is 9.78 Å². The molecule has 0 aliphatic rings. The van der Waals surface area contributed by atoms with Crippen LogP contribution in [-0.4, -0.2) is 23.5 Å². The third-order valence-corrected chi connectivity index (χ3v) is 3.16. The van der Waals surface area contributed by atoms with Crippen LogP contribution < -0.4 is 5.32 Å². The second-order valence-electron chi connectivity index (χ2n) is 4.39. The number of aryl methyl sites for hydroxylation is 1. The number of nitrogens with one attached hydrogen (secondary N) is 1. The molecule has 4 heteroatoms. The second-order valence-corrected chi connectivity index (χ2v) is 4.39. The molecule has 0 saturated carbocycles. The van der Waals surface area contributed by atoms with E-state index in [-0.39, 0.29) is 0 Å². The van der Waals surface area contributed by atoms with Gasteiger partial charge in [0.2, 0.25) is 0 Å². The van der Waals surface area contributed by atoms with Gasteiger partial charge in [-0.15, -0.1) is 0 Å². The highest BCUT2D eigenvalue weighted by Gasteiger charge is 2.04. The first kappa shape index (κ1) is 13.6. The van der Waals surface area contributed by atoms with E-state index in [1.807, 2.05) is 16.9 Å². The molecule has 0 atom stereocenters. The number of nitrogens with zero attached hydrogens (tertiary/aromatic N) is 2. The highest BCUT2D eigenvalue weighted by molar-refractivity contribution is 5.51. The van der Waals surface area contributed by atoms with E-state index in [0.717, 1.165) is 26.1 Å². The fraction of sp³-hybridized carbons (Fsp3) is 0.400. The van der Waals surface area contributed by atoms with Gasteiger partial charge < -0.3 is 10.1 Å². The van der Waals surface area contributed by atoms with E-state index in [0.29, 0.717) is 0 Å². The zero-order valence-corrected chi connectivity index (χ0v) is 11.6. The molecule has 0 radical (unpaired) electrons. The summed E-state index contributed by atoms with van der Waals surface area (Å²) >= 11 is 0. The molecule has 0 bridgehead atoms. The molecule has 19 heavy (non-hydrogen) atoms. The molecule has 2 aromatic rings. The normalized spacial score (nSPS) is 10.6. The Morgan fingerprint density at radius 2 is 2.11 bits per heavy atom. The average Bonchev–Trinajstić information content (AvgIpc) is 2.91. The van der Waals surface area contributed by atoms with Gasteiger partial charge in [-0.2, -0.15) is 5.10 Å². The van der Waals surface area contributed by atoms with E-state index in [1.54, 1.807) is 7.11 Å². The number of benzene rings is 1. The summed E-state index contributed by atoms with van der Waals surface area (Å²) in [7, 11) is 1.73. The number of aromatic nitrogens is 2. The van der Waals surface area contributed by atoms with Crippen LogP contribution in [0.4, 0.5) is 5.69 Å². The molecule has 0 unspecified atom stereocenters.